The van der Waals surface area contributed by atoms with E-state index in [0.29, 0.717) is 23.1 Å². The zero-order chi connectivity index (χ0) is 27.0. The van der Waals surface area contributed by atoms with E-state index in [1.807, 2.05) is 66.7 Å². The molecular weight excluding hydrogens is 517 g/mol. The summed E-state index contributed by atoms with van der Waals surface area (Å²) in [6, 6.07) is 23.5. The second-order valence-electron chi connectivity index (χ2n) is 12.1. The molecule has 2 unspecified atom stereocenters. The van der Waals surface area contributed by atoms with Crippen LogP contribution in [0.3, 0.4) is 0 Å². The molecule has 4 saturated carbocycles. The summed E-state index contributed by atoms with van der Waals surface area (Å²) in [5.41, 5.74) is 2.83. The lowest BCUT2D eigenvalue weighted by atomic mass is 9.48. The van der Waals surface area contributed by atoms with Crippen LogP contribution in [0.2, 0.25) is 0 Å². The molecule has 2 nitrogen and oxygen atoms in total. The van der Waals surface area contributed by atoms with Crippen molar-refractivity contribution in [3.63, 3.8) is 0 Å². The summed E-state index contributed by atoms with van der Waals surface area (Å²) < 4.78 is 51.8. The monoisotopic (exact) mass is 553 g/mol. The normalized spacial score (nSPS) is 27.4. The number of aliphatic hydroxyl groups is 1. The zero-order valence-electron chi connectivity index (χ0n) is 22.1. The van der Waals surface area contributed by atoms with Gasteiger partial charge in [-0.3, -0.25) is 0 Å². The van der Waals surface area contributed by atoms with Crippen molar-refractivity contribution in [3.8, 4) is 22.3 Å². The van der Waals surface area contributed by atoms with E-state index in [1.54, 1.807) is 6.07 Å². The van der Waals surface area contributed by atoms with Crippen LogP contribution in [0.25, 0.3) is 22.3 Å². The number of alkyl halides is 2. The van der Waals surface area contributed by atoms with Crippen molar-refractivity contribution in [2.24, 2.45) is 23.2 Å². The molecule has 2 atom stereocenters. The first-order valence-corrected chi connectivity index (χ1v) is 15.2. The van der Waals surface area contributed by atoms with E-state index in [4.69, 9.17) is 4.74 Å². The van der Waals surface area contributed by atoms with Gasteiger partial charge in [-0.15, -0.1) is 8.78 Å². The second-order valence-corrected chi connectivity index (χ2v) is 13.6. The Hall–Kier alpha value is -2.28. The molecule has 4 aliphatic carbocycles. The van der Waals surface area contributed by atoms with Crippen molar-refractivity contribution >= 4 is 11.3 Å². The Morgan fingerprint density at radius 2 is 1.38 bits per heavy atom. The molecule has 4 bridgehead atoms. The molecule has 0 aromatic heterocycles. The van der Waals surface area contributed by atoms with E-state index >= 15 is 12.7 Å². The van der Waals surface area contributed by atoms with Crippen LogP contribution in [0.4, 0.5) is 12.7 Å². The van der Waals surface area contributed by atoms with Gasteiger partial charge in [-0.1, -0.05) is 72.8 Å². The van der Waals surface area contributed by atoms with Crippen molar-refractivity contribution in [1.29, 1.82) is 0 Å². The summed E-state index contributed by atoms with van der Waals surface area (Å²) in [5, 5.41) is 7.03. The van der Waals surface area contributed by atoms with Gasteiger partial charge in [0.1, 0.15) is 0 Å². The van der Waals surface area contributed by atoms with Gasteiger partial charge in [-0.05, 0) is 90.9 Å². The van der Waals surface area contributed by atoms with Crippen LogP contribution in [0, 0.1) is 23.2 Å². The summed E-state index contributed by atoms with van der Waals surface area (Å²) in [6.07, 6.45) is 7.15. The fourth-order valence-corrected chi connectivity index (χ4v) is 9.18. The summed E-state index contributed by atoms with van der Waals surface area (Å²) in [4.78, 5) is -0.0368. The Bertz CT molecular complexity index is 1230. The maximum Gasteiger partial charge on any atom is 0.475 e. The van der Waals surface area contributed by atoms with Crippen LogP contribution in [0.1, 0.15) is 44.9 Å². The topological polar surface area (TPSA) is 29.5 Å². The second kappa shape index (κ2) is 10.9. The van der Waals surface area contributed by atoms with Gasteiger partial charge >= 0.3 is 16.5 Å². The van der Waals surface area contributed by atoms with E-state index in [9.17, 15) is 5.11 Å². The summed E-state index contributed by atoms with van der Waals surface area (Å²) in [5.74, 6) is 2.27. The lowest BCUT2D eigenvalue weighted by Crippen LogP contribution is -2.47. The predicted octanol–water partition coefficient (Wildman–Crippen LogP) is 8.46. The van der Waals surface area contributed by atoms with Crippen LogP contribution in [-0.2, 0) is 16.0 Å². The minimum Gasteiger partial charge on any atom is -0.391 e. The molecular formula is C33H36F3O2S+. The molecule has 7 rings (SSSR count). The van der Waals surface area contributed by atoms with E-state index in [-0.39, 0.29) is 16.9 Å². The highest BCUT2D eigenvalue weighted by molar-refractivity contribution is 7.93. The molecule has 6 heteroatoms. The minimum absolute atomic E-state index is 0.0368. The number of halogens is 3. The van der Waals surface area contributed by atoms with E-state index in [1.165, 1.54) is 25.3 Å². The van der Waals surface area contributed by atoms with E-state index < -0.39 is 29.2 Å². The molecule has 3 aromatic carbocycles. The van der Waals surface area contributed by atoms with Crippen molar-refractivity contribution in [1.82, 2.24) is 0 Å². The molecule has 1 N–H and O–H groups in total. The average Bonchev–Trinajstić information content (AvgIpc) is 2.92. The van der Waals surface area contributed by atoms with Gasteiger partial charge in [0, 0.05) is 9.45 Å². The fraction of sp³-hybridized carbons (Fsp3) is 0.455. The van der Waals surface area contributed by atoms with Crippen molar-refractivity contribution < 1.29 is 22.5 Å². The van der Waals surface area contributed by atoms with Crippen LogP contribution in [-0.4, -0.2) is 29.7 Å². The highest BCUT2D eigenvalue weighted by Gasteiger charge is 2.56. The van der Waals surface area contributed by atoms with E-state index in [0.717, 1.165) is 42.6 Å². The number of rotatable bonds is 10. The third-order valence-electron chi connectivity index (χ3n) is 9.04. The van der Waals surface area contributed by atoms with Gasteiger partial charge in [0.2, 0.25) is 4.90 Å². The summed E-state index contributed by atoms with van der Waals surface area (Å²) in [7, 11) is 0. The molecule has 0 heterocycles. The number of hydrogen-bond donors (Lipinski definition) is 1. The molecule has 0 spiro atoms. The van der Waals surface area contributed by atoms with E-state index in [2.05, 4.69) is 0 Å². The van der Waals surface area contributed by atoms with Crippen LogP contribution < -0.4 is 0 Å². The first kappa shape index (κ1) is 26.9. The predicted molar refractivity (Wildman–Crippen MR) is 151 cm³/mol. The van der Waals surface area contributed by atoms with Gasteiger partial charge in [0.15, 0.2) is 6.61 Å². The Kier molecular flexibility index (Phi) is 7.55. The Morgan fingerprint density at radius 3 is 1.97 bits per heavy atom. The molecule has 39 heavy (non-hydrogen) atoms. The highest BCUT2D eigenvalue weighted by Crippen LogP contribution is 2.61. The third kappa shape index (κ3) is 5.66. The molecule has 0 aliphatic heterocycles. The first-order valence-electron chi connectivity index (χ1n) is 14.1. The van der Waals surface area contributed by atoms with Gasteiger partial charge in [0.05, 0.1) is 12.7 Å². The third-order valence-corrected chi connectivity index (χ3v) is 10.4. The molecule has 0 saturated heterocycles. The van der Waals surface area contributed by atoms with Crippen LogP contribution in [0.15, 0.2) is 83.8 Å². The number of aliphatic hydroxyl groups excluding tert-OH is 1. The first-order chi connectivity index (χ1) is 18.8. The quantitative estimate of drug-likeness (QED) is 0.255. The maximum atomic E-state index is 15.8. The van der Waals surface area contributed by atoms with Crippen molar-refractivity contribution in [3.05, 3.63) is 78.9 Å². The molecule has 3 aromatic rings. The van der Waals surface area contributed by atoms with Gasteiger partial charge in [0.25, 0.3) is 0 Å². The molecule has 0 amide bonds. The Morgan fingerprint density at radius 1 is 0.821 bits per heavy atom. The summed E-state index contributed by atoms with van der Waals surface area (Å²) >= 11 is -2.91. The van der Waals surface area contributed by atoms with Crippen molar-refractivity contribution in [2.75, 3.05) is 13.2 Å². The van der Waals surface area contributed by atoms with Gasteiger partial charge in [-0.25, -0.2) is 0 Å². The Balaban J connectivity index is 1.16. The minimum atomic E-state index is -3.72. The van der Waals surface area contributed by atoms with Crippen LogP contribution >= 0.6 is 0 Å². The largest absolute Gasteiger partial charge is 0.475 e. The number of hydrogen-bond acceptors (Lipinski definition) is 2. The number of benzene rings is 3. The molecule has 4 fully saturated rings. The lowest BCUT2D eigenvalue weighted by Gasteiger charge is -2.57. The standard InChI is InChI=1S/C33H36F3O2S/c34-33(35,22-38-21-28(37)20-32-17-23-14-24(18-32)16-25(15-23)19-32)39(36)30-13-7-12-29(26-8-3-1-4-9-26)31(30)27-10-5-2-6-11-27/h1-13,23-25,28,37H,14-22H2/q+1. The SMILES string of the molecule is OC(COCC(F)(F)[S+](F)c1cccc(-c2ccccc2)c1-c1ccccc1)CC12CC3CC(CC(C3)C1)C2. The maximum absolute atomic E-state index is 15.8. The number of ether oxygens (including phenoxy) is 1. The molecule has 206 valence electrons. The highest BCUT2D eigenvalue weighted by atomic mass is 32.2. The van der Waals surface area contributed by atoms with Gasteiger partial charge in [-0.2, -0.15) is 0 Å². The zero-order valence-corrected chi connectivity index (χ0v) is 22.9. The fourth-order valence-electron chi connectivity index (χ4n) is 8.07. The molecule has 0 radical (unpaired) electrons. The summed E-state index contributed by atoms with van der Waals surface area (Å²) in [6.45, 7) is -1.25. The smallest absolute Gasteiger partial charge is 0.391 e. The van der Waals surface area contributed by atoms with Crippen molar-refractivity contribution in [2.45, 2.75) is 61.2 Å². The van der Waals surface area contributed by atoms with Gasteiger partial charge < -0.3 is 9.84 Å². The van der Waals surface area contributed by atoms with Crippen LogP contribution in [0.5, 0.6) is 0 Å². The average molecular weight is 554 g/mol. The molecule has 4 aliphatic rings. The lowest BCUT2D eigenvalue weighted by molar-refractivity contribution is -0.0942. The Labute approximate surface area is 232 Å².